The highest BCUT2D eigenvalue weighted by Crippen LogP contribution is 2.27. The Morgan fingerprint density at radius 2 is 2.26 bits per heavy atom. The van der Waals surface area contributed by atoms with Crippen molar-refractivity contribution >= 4 is 11.6 Å². The Kier molecular flexibility index (Phi) is 5.21. The van der Waals surface area contributed by atoms with E-state index in [9.17, 15) is 0 Å². The summed E-state index contributed by atoms with van der Waals surface area (Å²) in [5, 5.41) is 3.38. The van der Waals surface area contributed by atoms with Crippen LogP contribution in [0.3, 0.4) is 0 Å². The van der Waals surface area contributed by atoms with Gasteiger partial charge >= 0.3 is 0 Å². The van der Waals surface area contributed by atoms with Gasteiger partial charge in [0.15, 0.2) is 5.96 Å². The lowest BCUT2D eigenvalue weighted by molar-refractivity contribution is 0.197. The quantitative estimate of drug-likeness (QED) is 0.501. The van der Waals surface area contributed by atoms with E-state index in [-0.39, 0.29) is 0 Å². The standard InChI is InChI=1S/C15H23N3O/c1-3-16-15(17-10-6-12-19-2)18-11-9-13-7-4-5-8-14(13)18/h4-5,7-8H,3,6,9-12H2,1-2H3,(H,16,17). The first-order chi connectivity index (χ1) is 9.36. The van der Waals surface area contributed by atoms with E-state index in [2.05, 4.69) is 46.4 Å². The third kappa shape index (κ3) is 3.47. The molecule has 19 heavy (non-hydrogen) atoms. The summed E-state index contributed by atoms with van der Waals surface area (Å²) in [7, 11) is 1.73. The van der Waals surface area contributed by atoms with Crippen LogP contribution in [-0.2, 0) is 11.2 Å². The number of benzene rings is 1. The molecule has 0 aromatic heterocycles. The average Bonchev–Trinajstić information content (AvgIpc) is 2.86. The molecule has 1 aliphatic heterocycles. The predicted octanol–water partition coefficient (Wildman–Crippen LogP) is 2.05. The molecule has 4 nitrogen and oxygen atoms in total. The first kappa shape index (κ1) is 13.9. The maximum Gasteiger partial charge on any atom is 0.198 e. The molecule has 1 aromatic rings. The highest BCUT2D eigenvalue weighted by Gasteiger charge is 2.21. The summed E-state index contributed by atoms with van der Waals surface area (Å²) in [4.78, 5) is 6.97. The first-order valence-corrected chi connectivity index (χ1v) is 6.99. The summed E-state index contributed by atoms with van der Waals surface area (Å²) < 4.78 is 5.06. The van der Waals surface area contributed by atoms with Crippen LogP contribution in [0.5, 0.6) is 0 Å². The molecule has 0 spiro atoms. The summed E-state index contributed by atoms with van der Waals surface area (Å²) in [6.45, 7) is 5.57. The fourth-order valence-corrected chi connectivity index (χ4v) is 2.35. The Hall–Kier alpha value is -1.55. The van der Waals surface area contributed by atoms with Gasteiger partial charge in [0, 0.05) is 39.0 Å². The third-order valence-corrected chi connectivity index (χ3v) is 3.25. The summed E-state index contributed by atoms with van der Waals surface area (Å²) in [6, 6.07) is 8.56. The van der Waals surface area contributed by atoms with Gasteiger partial charge in [-0.1, -0.05) is 18.2 Å². The second-order valence-corrected chi connectivity index (χ2v) is 4.61. The predicted molar refractivity (Wildman–Crippen MR) is 80.0 cm³/mol. The van der Waals surface area contributed by atoms with Crippen molar-refractivity contribution in [3.63, 3.8) is 0 Å². The first-order valence-electron chi connectivity index (χ1n) is 6.99. The lowest BCUT2D eigenvalue weighted by atomic mass is 10.2. The number of methoxy groups -OCH3 is 1. The van der Waals surface area contributed by atoms with Crippen LogP contribution in [0.15, 0.2) is 29.3 Å². The summed E-state index contributed by atoms with van der Waals surface area (Å²) in [5.74, 6) is 0.989. The van der Waals surface area contributed by atoms with Gasteiger partial charge in [0.05, 0.1) is 0 Å². The van der Waals surface area contributed by atoms with E-state index >= 15 is 0 Å². The van der Waals surface area contributed by atoms with E-state index in [1.54, 1.807) is 7.11 Å². The largest absolute Gasteiger partial charge is 0.385 e. The zero-order valence-electron chi connectivity index (χ0n) is 11.9. The molecule has 0 saturated heterocycles. The lowest BCUT2D eigenvalue weighted by Crippen LogP contribution is -2.40. The lowest BCUT2D eigenvalue weighted by Gasteiger charge is -2.22. The molecular weight excluding hydrogens is 238 g/mol. The number of nitrogens with zero attached hydrogens (tertiary/aromatic N) is 2. The van der Waals surface area contributed by atoms with E-state index in [0.29, 0.717) is 0 Å². The SMILES string of the molecule is CCNC(=NCCCOC)N1CCc2ccccc21. The molecule has 0 fully saturated rings. The van der Waals surface area contributed by atoms with Crippen molar-refractivity contribution in [3.8, 4) is 0 Å². The van der Waals surface area contributed by atoms with Gasteiger partial charge in [-0.15, -0.1) is 0 Å². The molecule has 1 N–H and O–H groups in total. The summed E-state index contributed by atoms with van der Waals surface area (Å²) in [5.41, 5.74) is 2.69. The van der Waals surface area contributed by atoms with Gasteiger partial charge < -0.3 is 15.0 Å². The van der Waals surface area contributed by atoms with E-state index in [1.807, 2.05) is 0 Å². The average molecular weight is 261 g/mol. The number of fused-ring (bicyclic) bond motifs is 1. The van der Waals surface area contributed by atoms with Crippen molar-refractivity contribution in [1.82, 2.24) is 5.32 Å². The van der Waals surface area contributed by atoms with Gasteiger partial charge in [-0.2, -0.15) is 0 Å². The number of anilines is 1. The van der Waals surface area contributed by atoms with Crippen molar-refractivity contribution in [2.24, 2.45) is 4.99 Å². The molecule has 0 bridgehead atoms. The van der Waals surface area contributed by atoms with E-state index in [4.69, 9.17) is 4.74 Å². The van der Waals surface area contributed by atoms with Crippen molar-refractivity contribution in [2.45, 2.75) is 19.8 Å². The highest BCUT2D eigenvalue weighted by molar-refractivity contribution is 5.97. The van der Waals surface area contributed by atoms with Crippen molar-refractivity contribution in [1.29, 1.82) is 0 Å². The van der Waals surface area contributed by atoms with Gasteiger partial charge in [0.1, 0.15) is 0 Å². The number of ether oxygens (including phenoxy) is 1. The molecule has 0 amide bonds. The fourth-order valence-electron chi connectivity index (χ4n) is 2.35. The monoisotopic (exact) mass is 261 g/mol. The number of guanidine groups is 1. The maximum absolute atomic E-state index is 5.06. The van der Waals surface area contributed by atoms with Crippen LogP contribution in [0.1, 0.15) is 18.9 Å². The van der Waals surface area contributed by atoms with Crippen LogP contribution < -0.4 is 10.2 Å². The van der Waals surface area contributed by atoms with Gasteiger partial charge in [0.2, 0.25) is 0 Å². The minimum Gasteiger partial charge on any atom is -0.385 e. The van der Waals surface area contributed by atoms with E-state index in [1.165, 1.54) is 11.3 Å². The zero-order valence-corrected chi connectivity index (χ0v) is 11.9. The number of nitrogens with one attached hydrogen (secondary N) is 1. The summed E-state index contributed by atoms with van der Waals surface area (Å²) >= 11 is 0. The summed E-state index contributed by atoms with van der Waals surface area (Å²) in [6.07, 6.45) is 2.06. The Balaban J connectivity index is 2.07. The molecule has 0 atom stereocenters. The second-order valence-electron chi connectivity index (χ2n) is 4.61. The van der Waals surface area contributed by atoms with Crippen LogP contribution in [0.25, 0.3) is 0 Å². The van der Waals surface area contributed by atoms with Crippen molar-refractivity contribution in [2.75, 3.05) is 38.3 Å². The maximum atomic E-state index is 5.06. The van der Waals surface area contributed by atoms with Crippen LogP contribution in [0.2, 0.25) is 0 Å². The number of hydrogen-bond acceptors (Lipinski definition) is 2. The molecule has 0 radical (unpaired) electrons. The second kappa shape index (κ2) is 7.14. The van der Waals surface area contributed by atoms with Crippen LogP contribution in [0.4, 0.5) is 5.69 Å². The Morgan fingerprint density at radius 3 is 3.05 bits per heavy atom. The van der Waals surface area contributed by atoms with E-state index in [0.717, 1.165) is 45.0 Å². The Morgan fingerprint density at radius 1 is 1.42 bits per heavy atom. The highest BCUT2D eigenvalue weighted by atomic mass is 16.5. The van der Waals surface area contributed by atoms with Crippen LogP contribution in [0, 0.1) is 0 Å². The molecule has 1 aliphatic rings. The molecule has 4 heteroatoms. The van der Waals surface area contributed by atoms with Crippen molar-refractivity contribution < 1.29 is 4.74 Å². The number of hydrogen-bond donors (Lipinski definition) is 1. The van der Waals surface area contributed by atoms with Gasteiger partial charge in [-0.25, -0.2) is 0 Å². The molecule has 1 heterocycles. The van der Waals surface area contributed by atoms with Gasteiger partial charge in [-0.05, 0) is 31.4 Å². The minimum absolute atomic E-state index is 0.763. The topological polar surface area (TPSA) is 36.9 Å². The smallest absolute Gasteiger partial charge is 0.198 e. The fraction of sp³-hybridized carbons (Fsp3) is 0.533. The van der Waals surface area contributed by atoms with Gasteiger partial charge in [0.25, 0.3) is 0 Å². The number of para-hydroxylation sites is 1. The molecule has 2 rings (SSSR count). The van der Waals surface area contributed by atoms with Crippen LogP contribution in [-0.4, -0.2) is 39.3 Å². The normalized spacial score (nSPS) is 14.6. The number of aliphatic imine (C=N–C) groups is 1. The molecular formula is C15H23N3O. The van der Waals surface area contributed by atoms with Crippen LogP contribution >= 0.6 is 0 Å². The molecule has 0 saturated carbocycles. The third-order valence-electron chi connectivity index (χ3n) is 3.25. The van der Waals surface area contributed by atoms with E-state index < -0.39 is 0 Å². The molecule has 104 valence electrons. The Labute approximate surface area is 115 Å². The van der Waals surface area contributed by atoms with Gasteiger partial charge in [-0.3, -0.25) is 4.99 Å². The van der Waals surface area contributed by atoms with Crippen molar-refractivity contribution in [3.05, 3.63) is 29.8 Å². The molecule has 1 aromatic carbocycles. The molecule has 0 unspecified atom stereocenters. The number of rotatable bonds is 5. The Bertz CT molecular complexity index is 431. The molecule has 0 aliphatic carbocycles. The minimum atomic E-state index is 0.763. The zero-order chi connectivity index (χ0) is 13.5.